The Hall–Kier alpha value is -1.86. The molecule has 3 N–H and O–H groups in total. The van der Waals surface area contributed by atoms with Gasteiger partial charge in [-0.3, -0.25) is 0 Å². The molecule has 0 radical (unpaired) electrons. The Bertz CT molecular complexity index is 642. The number of morpholine rings is 1. The van der Waals surface area contributed by atoms with Crippen molar-refractivity contribution in [1.29, 1.82) is 0 Å². The highest BCUT2D eigenvalue weighted by molar-refractivity contribution is 5.79. The smallest absolute Gasteiger partial charge is 0.191 e. The van der Waals surface area contributed by atoms with Crippen LogP contribution in [0.2, 0.25) is 0 Å². The van der Waals surface area contributed by atoms with Gasteiger partial charge in [0, 0.05) is 26.2 Å². The number of anilines is 1. The molecule has 1 fully saturated rings. The van der Waals surface area contributed by atoms with Gasteiger partial charge in [0.15, 0.2) is 5.96 Å². The molecule has 0 unspecified atom stereocenters. The monoisotopic (exact) mass is 408 g/mol. The molecule has 0 saturated carbocycles. The van der Waals surface area contributed by atoms with Crippen LogP contribution >= 0.6 is 0 Å². The van der Waals surface area contributed by atoms with E-state index < -0.39 is 5.60 Å². The summed E-state index contributed by atoms with van der Waals surface area (Å²) in [4.78, 5) is 6.59. The van der Waals surface area contributed by atoms with Crippen LogP contribution in [0.1, 0.15) is 52.0 Å². The number of ether oxygens (including phenoxy) is 1. The quantitative estimate of drug-likeness (QED) is 0.410. The summed E-state index contributed by atoms with van der Waals surface area (Å²) in [6.07, 6.45) is 3.37. The Kier molecular flexibility index (Phi) is 9.67. The molecule has 0 spiro atoms. The summed E-state index contributed by atoms with van der Waals surface area (Å²) < 4.78 is 19.9. The van der Waals surface area contributed by atoms with E-state index in [1.54, 1.807) is 6.07 Å². The van der Waals surface area contributed by atoms with Crippen molar-refractivity contribution in [3.05, 3.63) is 29.6 Å². The molecule has 0 amide bonds. The zero-order chi connectivity index (χ0) is 21.1. The summed E-state index contributed by atoms with van der Waals surface area (Å²) in [5, 5.41) is 17.2. The first-order valence-electron chi connectivity index (χ1n) is 10.9. The average molecular weight is 409 g/mol. The van der Waals surface area contributed by atoms with E-state index in [-0.39, 0.29) is 5.82 Å². The summed E-state index contributed by atoms with van der Waals surface area (Å²) in [5.41, 5.74) is 0.704. The first-order valence-corrected chi connectivity index (χ1v) is 10.9. The topological polar surface area (TPSA) is 69.1 Å². The molecule has 1 aliphatic rings. The second kappa shape index (κ2) is 12.0. The van der Waals surface area contributed by atoms with E-state index in [1.807, 2.05) is 24.0 Å². The molecule has 0 aromatic heterocycles. The third kappa shape index (κ3) is 7.48. The van der Waals surface area contributed by atoms with E-state index in [2.05, 4.69) is 29.5 Å². The van der Waals surface area contributed by atoms with Gasteiger partial charge in [-0.05, 0) is 37.5 Å². The molecule has 0 aliphatic carbocycles. The minimum atomic E-state index is -0.731. The molecule has 1 heterocycles. The van der Waals surface area contributed by atoms with Gasteiger partial charge in [-0.2, -0.15) is 0 Å². The standard InChI is InChI=1S/C22H37FN4O2/c1-4-9-22(28,10-5-2)17-26-21(24-6-3)25-16-18-7-8-20(19(23)15-18)27-11-13-29-14-12-27/h7-8,15,28H,4-6,9-14,16-17H2,1-3H3,(H2,24,25,26). The van der Waals surface area contributed by atoms with E-state index in [9.17, 15) is 9.50 Å². The predicted molar refractivity (Wildman–Crippen MR) is 117 cm³/mol. The fourth-order valence-electron chi connectivity index (χ4n) is 3.70. The number of nitrogens with zero attached hydrogens (tertiary/aromatic N) is 2. The Labute approximate surface area is 174 Å². The van der Waals surface area contributed by atoms with Gasteiger partial charge in [0.1, 0.15) is 5.82 Å². The second-order valence-corrected chi connectivity index (χ2v) is 7.66. The SMILES string of the molecule is CCCC(O)(CCC)CNC(=NCc1ccc(N2CCOCC2)c(F)c1)NCC. The molecule has 1 aromatic rings. The van der Waals surface area contributed by atoms with Gasteiger partial charge in [0.25, 0.3) is 0 Å². The van der Waals surface area contributed by atoms with E-state index in [0.717, 1.165) is 37.8 Å². The minimum Gasteiger partial charge on any atom is -0.388 e. The van der Waals surface area contributed by atoms with Crippen molar-refractivity contribution in [2.75, 3.05) is 44.3 Å². The molecule has 1 aliphatic heterocycles. The maximum absolute atomic E-state index is 14.6. The van der Waals surface area contributed by atoms with Crippen molar-refractivity contribution in [2.24, 2.45) is 4.99 Å². The molecule has 2 rings (SSSR count). The molecule has 6 nitrogen and oxygen atoms in total. The lowest BCUT2D eigenvalue weighted by Crippen LogP contribution is -2.47. The van der Waals surface area contributed by atoms with Crippen LogP contribution in [0.25, 0.3) is 0 Å². The van der Waals surface area contributed by atoms with Crippen LogP contribution in [0.3, 0.4) is 0 Å². The fraction of sp³-hybridized carbons (Fsp3) is 0.682. The van der Waals surface area contributed by atoms with E-state index in [4.69, 9.17) is 4.74 Å². The Balaban J connectivity index is 2.00. The van der Waals surface area contributed by atoms with Gasteiger partial charge < -0.3 is 25.4 Å². The number of rotatable bonds is 10. The summed E-state index contributed by atoms with van der Waals surface area (Å²) in [6.45, 7) is 10.4. The highest BCUT2D eigenvalue weighted by Crippen LogP contribution is 2.22. The minimum absolute atomic E-state index is 0.224. The molecule has 164 valence electrons. The van der Waals surface area contributed by atoms with Crippen LogP contribution in [0.5, 0.6) is 0 Å². The lowest BCUT2D eigenvalue weighted by atomic mass is 9.93. The van der Waals surface area contributed by atoms with Crippen LogP contribution in [-0.2, 0) is 11.3 Å². The third-order valence-electron chi connectivity index (χ3n) is 5.14. The van der Waals surface area contributed by atoms with Crippen molar-refractivity contribution >= 4 is 11.6 Å². The first kappa shape index (κ1) is 23.4. The second-order valence-electron chi connectivity index (χ2n) is 7.66. The predicted octanol–water partition coefficient (Wildman–Crippen LogP) is 3.05. The number of hydrogen-bond acceptors (Lipinski definition) is 4. The van der Waals surface area contributed by atoms with Crippen LogP contribution in [0.15, 0.2) is 23.2 Å². The average Bonchev–Trinajstić information content (AvgIpc) is 2.71. The maximum Gasteiger partial charge on any atom is 0.191 e. The molecule has 0 bridgehead atoms. The lowest BCUT2D eigenvalue weighted by molar-refractivity contribution is 0.0257. The normalized spacial score (nSPS) is 15.5. The van der Waals surface area contributed by atoms with E-state index >= 15 is 0 Å². The van der Waals surface area contributed by atoms with Crippen molar-refractivity contribution in [3.63, 3.8) is 0 Å². The number of aliphatic imine (C=N–C) groups is 1. The first-order chi connectivity index (χ1) is 14.0. The lowest BCUT2D eigenvalue weighted by Gasteiger charge is -2.29. The van der Waals surface area contributed by atoms with Gasteiger partial charge >= 0.3 is 0 Å². The molecule has 1 saturated heterocycles. The third-order valence-corrected chi connectivity index (χ3v) is 5.14. The summed E-state index contributed by atoms with van der Waals surface area (Å²) in [5.74, 6) is 0.411. The maximum atomic E-state index is 14.6. The Morgan fingerprint density at radius 2 is 1.86 bits per heavy atom. The molecule has 1 aromatic carbocycles. The fourth-order valence-corrected chi connectivity index (χ4v) is 3.70. The van der Waals surface area contributed by atoms with Crippen molar-refractivity contribution < 1.29 is 14.2 Å². The molecule has 0 atom stereocenters. The van der Waals surface area contributed by atoms with Crippen LogP contribution in [0.4, 0.5) is 10.1 Å². The van der Waals surface area contributed by atoms with Crippen LogP contribution < -0.4 is 15.5 Å². The van der Waals surface area contributed by atoms with Crippen LogP contribution in [0, 0.1) is 5.82 Å². The van der Waals surface area contributed by atoms with Crippen molar-refractivity contribution in [3.8, 4) is 0 Å². The highest BCUT2D eigenvalue weighted by Gasteiger charge is 2.25. The molecule has 29 heavy (non-hydrogen) atoms. The summed E-state index contributed by atoms with van der Waals surface area (Å²) in [6, 6.07) is 5.31. The number of nitrogens with one attached hydrogen (secondary N) is 2. The number of halogens is 1. The van der Waals surface area contributed by atoms with Crippen LogP contribution in [-0.4, -0.2) is 56.1 Å². The van der Waals surface area contributed by atoms with Gasteiger partial charge in [0.2, 0.25) is 0 Å². The van der Waals surface area contributed by atoms with E-state index in [1.165, 1.54) is 0 Å². The summed E-state index contributed by atoms with van der Waals surface area (Å²) >= 11 is 0. The largest absolute Gasteiger partial charge is 0.388 e. The van der Waals surface area contributed by atoms with Gasteiger partial charge in [0.05, 0.1) is 31.0 Å². The number of aliphatic hydroxyl groups is 1. The van der Waals surface area contributed by atoms with E-state index in [0.29, 0.717) is 51.0 Å². The molecular weight excluding hydrogens is 371 g/mol. The van der Waals surface area contributed by atoms with Gasteiger partial charge in [-0.25, -0.2) is 9.38 Å². The number of hydrogen-bond donors (Lipinski definition) is 3. The zero-order valence-corrected chi connectivity index (χ0v) is 18.1. The number of guanidine groups is 1. The zero-order valence-electron chi connectivity index (χ0n) is 18.1. The Morgan fingerprint density at radius 3 is 2.45 bits per heavy atom. The van der Waals surface area contributed by atoms with Gasteiger partial charge in [-0.1, -0.05) is 32.8 Å². The molecule has 7 heteroatoms. The number of benzene rings is 1. The molecular formula is C22H37FN4O2. The van der Waals surface area contributed by atoms with Gasteiger partial charge in [-0.15, -0.1) is 0 Å². The highest BCUT2D eigenvalue weighted by atomic mass is 19.1. The Morgan fingerprint density at radius 1 is 1.17 bits per heavy atom. The summed E-state index contributed by atoms with van der Waals surface area (Å²) in [7, 11) is 0. The van der Waals surface area contributed by atoms with Crippen molar-refractivity contribution in [1.82, 2.24) is 10.6 Å². The van der Waals surface area contributed by atoms with Crippen molar-refractivity contribution in [2.45, 2.75) is 58.6 Å².